The molecule has 0 N–H and O–H groups in total. The quantitative estimate of drug-likeness (QED) is 0.500. The molecule has 0 aliphatic heterocycles. The summed E-state index contributed by atoms with van der Waals surface area (Å²) in [6, 6.07) is 0. The van der Waals surface area contributed by atoms with Gasteiger partial charge in [0.25, 0.3) is 0 Å². The number of rotatable bonds is 7. The lowest BCUT2D eigenvalue weighted by Crippen LogP contribution is -2.53. The van der Waals surface area contributed by atoms with Gasteiger partial charge in [-0.1, -0.05) is 34.1 Å². The largest absolute Gasteiger partial charge is 0.409 e. The fourth-order valence-corrected chi connectivity index (χ4v) is 3.90. The van der Waals surface area contributed by atoms with Crippen LogP contribution < -0.4 is 0 Å². The molecule has 1 saturated carbocycles. The van der Waals surface area contributed by atoms with Crippen LogP contribution in [0.3, 0.4) is 0 Å². The summed E-state index contributed by atoms with van der Waals surface area (Å²) >= 11 is 0. The summed E-state index contributed by atoms with van der Waals surface area (Å²) < 4.78 is 18.5. The van der Waals surface area contributed by atoms with Gasteiger partial charge < -0.3 is 13.9 Å². The van der Waals surface area contributed by atoms with E-state index < -0.39 is 8.32 Å². The van der Waals surface area contributed by atoms with Crippen LogP contribution in [0.25, 0.3) is 0 Å². The van der Waals surface area contributed by atoms with E-state index in [0.29, 0.717) is 0 Å². The fourth-order valence-electron chi connectivity index (χ4n) is 2.57. The summed E-state index contributed by atoms with van der Waals surface area (Å²) in [6.45, 7) is 14.5. The van der Waals surface area contributed by atoms with Gasteiger partial charge in [0.1, 0.15) is 0 Å². The Hall–Kier alpha value is 0.0969. The smallest absolute Gasteiger partial charge is 0.192 e. The minimum absolute atomic E-state index is 0.0986. The molecule has 1 aliphatic carbocycles. The van der Waals surface area contributed by atoms with Gasteiger partial charge in [-0.15, -0.1) is 0 Å². The molecule has 1 fully saturated rings. The van der Waals surface area contributed by atoms with Crippen molar-refractivity contribution >= 4 is 8.32 Å². The summed E-state index contributed by atoms with van der Waals surface area (Å²) in [4.78, 5) is 0. The van der Waals surface area contributed by atoms with E-state index in [-0.39, 0.29) is 23.4 Å². The van der Waals surface area contributed by atoms with Crippen LogP contribution in [-0.4, -0.2) is 40.3 Å². The predicted molar refractivity (Wildman–Crippen MR) is 91.4 cm³/mol. The molecule has 1 aliphatic rings. The molecule has 3 nitrogen and oxygen atoms in total. The SMILES string of the molecule is CCCCO[C@@H]1CCC[C@@H](OC)[C@@H]1O[Si](C)(C)C(C)(C)C. The van der Waals surface area contributed by atoms with Crippen molar-refractivity contribution in [3.8, 4) is 0 Å². The number of methoxy groups -OCH3 is 1. The Labute approximate surface area is 132 Å². The zero-order valence-electron chi connectivity index (χ0n) is 15.2. The molecule has 0 aromatic rings. The number of hydrogen-bond donors (Lipinski definition) is 0. The van der Waals surface area contributed by atoms with Crippen LogP contribution in [-0.2, 0) is 13.9 Å². The van der Waals surface area contributed by atoms with Crippen LogP contribution >= 0.6 is 0 Å². The first-order valence-corrected chi connectivity index (χ1v) is 11.5. The second-order valence-electron chi connectivity index (χ2n) is 7.81. The van der Waals surface area contributed by atoms with Gasteiger partial charge in [0.2, 0.25) is 0 Å². The highest BCUT2D eigenvalue weighted by atomic mass is 28.4. The van der Waals surface area contributed by atoms with Crippen LogP contribution in [0.1, 0.15) is 59.8 Å². The first-order valence-electron chi connectivity index (χ1n) is 8.55. The Morgan fingerprint density at radius 2 is 1.71 bits per heavy atom. The highest BCUT2D eigenvalue weighted by Gasteiger charge is 2.44. The highest BCUT2D eigenvalue weighted by Crippen LogP contribution is 2.40. The van der Waals surface area contributed by atoms with Crippen LogP contribution in [0.15, 0.2) is 0 Å². The Balaban J connectivity index is 2.77. The molecule has 0 bridgehead atoms. The second-order valence-corrected chi connectivity index (χ2v) is 12.6. The summed E-state index contributed by atoms with van der Waals surface area (Å²) in [7, 11) is 0.00694. The summed E-state index contributed by atoms with van der Waals surface area (Å²) in [5, 5.41) is 0.219. The molecular weight excluding hydrogens is 280 g/mol. The van der Waals surface area contributed by atoms with E-state index in [1.54, 1.807) is 7.11 Å². The fraction of sp³-hybridized carbons (Fsp3) is 1.00. The molecule has 0 heterocycles. The molecule has 0 radical (unpaired) electrons. The predicted octanol–water partition coefficient (Wildman–Crippen LogP) is 4.76. The Bertz CT molecular complexity index is 299. The summed E-state index contributed by atoms with van der Waals surface area (Å²) in [5.41, 5.74) is 0. The monoisotopic (exact) mass is 316 g/mol. The lowest BCUT2D eigenvalue weighted by atomic mass is 9.92. The molecule has 3 atom stereocenters. The molecule has 126 valence electrons. The van der Waals surface area contributed by atoms with E-state index >= 15 is 0 Å². The van der Waals surface area contributed by atoms with Gasteiger partial charge in [-0.05, 0) is 43.8 Å². The third-order valence-electron chi connectivity index (χ3n) is 5.08. The third-order valence-corrected chi connectivity index (χ3v) is 9.55. The lowest BCUT2D eigenvalue weighted by molar-refractivity contribution is -0.117. The Morgan fingerprint density at radius 1 is 1.10 bits per heavy atom. The zero-order valence-corrected chi connectivity index (χ0v) is 16.2. The topological polar surface area (TPSA) is 27.7 Å². The van der Waals surface area contributed by atoms with Gasteiger partial charge in [-0.2, -0.15) is 0 Å². The van der Waals surface area contributed by atoms with E-state index in [0.717, 1.165) is 25.9 Å². The van der Waals surface area contributed by atoms with E-state index in [2.05, 4.69) is 40.8 Å². The molecule has 0 amide bonds. The van der Waals surface area contributed by atoms with Crippen molar-refractivity contribution in [1.29, 1.82) is 0 Å². The van der Waals surface area contributed by atoms with Gasteiger partial charge in [0.05, 0.1) is 18.3 Å². The van der Waals surface area contributed by atoms with Crippen molar-refractivity contribution in [3.63, 3.8) is 0 Å². The molecular formula is C17H36O3Si. The van der Waals surface area contributed by atoms with E-state index in [1.807, 2.05) is 0 Å². The van der Waals surface area contributed by atoms with Crippen molar-refractivity contribution in [2.45, 2.75) is 96.2 Å². The third kappa shape index (κ3) is 5.34. The minimum atomic E-state index is -1.80. The molecule has 21 heavy (non-hydrogen) atoms. The van der Waals surface area contributed by atoms with Crippen molar-refractivity contribution in [2.75, 3.05) is 13.7 Å². The summed E-state index contributed by atoms with van der Waals surface area (Å²) in [5.74, 6) is 0. The van der Waals surface area contributed by atoms with Crippen molar-refractivity contribution < 1.29 is 13.9 Å². The normalized spacial score (nSPS) is 27.9. The Kier molecular flexibility index (Phi) is 7.38. The van der Waals surface area contributed by atoms with E-state index in [1.165, 1.54) is 12.8 Å². The molecule has 1 rings (SSSR count). The molecule has 0 saturated heterocycles. The molecule has 0 unspecified atom stereocenters. The maximum absolute atomic E-state index is 6.68. The molecule has 0 aromatic carbocycles. The van der Waals surface area contributed by atoms with Gasteiger partial charge >= 0.3 is 0 Å². The van der Waals surface area contributed by atoms with E-state index in [9.17, 15) is 0 Å². The van der Waals surface area contributed by atoms with E-state index in [4.69, 9.17) is 13.9 Å². The molecule has 0 spiro atoms. The van der Waals surface area contributed by atoms with Crippen LogP contribution in [0.5, 0.6) is 0 Å². The maximum atomic E-state index is 6.68. The van der Waals surface area contributed by atoms with Crippen LogP contribution in [0.4, 0.5) is 0 Å². The first-order chi connectivity index (χ1) is 9.73. The first kappa shape index (κ1) is 19.1. The van der Waals surface area contributed by atoms with Gasteiger partial charge in [0, 0.05) is 13.7 Å². The average molecular weight is 317 g/mol. The average Bonchev–Trinajstić information content (AvgIpc) is 2.39. The molecule has 0 aromatic heterocycles. The van der Waals surface area contributed by atoms with Gasteiger partial charge in [-0.3, -0.25) is 0 Å². The van der Waals surface area contributed by atoms with Crippen LogP contribution in [0, 0.1) is 0 Å². The van der Waals surface area contributed by atoms with Crippen molar-refractivity contribution in [2.24, 2.45) is 0 Å². The van der Waals surface area contributed by atoms with Gasteiger partial charge in [-0.25, -0.2) is 0 Å². The maximum Gasteiger partial charge on any atom is 0.192 e. The minimum Gasteiger partial charge on any atom is -0.409 e. The Morgan fingerprint density at radius 3 is 2.24 bits per heavy atom. The van der Waals surface area contributed by atoms with Crippen molar-refractivity contribution in [3.05, 3.63) is 0 Å². The van der Waals surface area contributed by atoms with Gasteiger partial charge in [0.15, 0.2) is 8.32 Å². The number of ether oxygens (including phenoxy) is 2. The highest BCUT2D eigenvalue weighted by molar-refractivity contribution is 6.74. The summed E-state index contributed by atoms with van der Waals surface area (Å²) in [6.07, 6.45) is 6.14. The lowest BCUT2D eigenvalue weighted by Gasteiger charge is -2.45. The zero-order chi connectivity index (χ0) is 16.1. The number of hydrogen-bond acceptors (Lipinski definition) is 3. The second kappa shape index (κ2) is 8.09. The number of unbranched alkanes of at least 4 members (excludes halogenated alkanes) is 1. The molecule has 4 heteroatoms. The standard InChI is InChI=1S/C17H36O3Si/c1-8-9-13-19-15-12-10-11-14(18-5)16(15)20-21(6,7)17(2,3)4/h14-16H,8-13H2,1-7H3/t14-,15-,16+/m1/s1. The van der Waals surface area contributed by atoms with Crippen LogP contribution in [0.2, 0.25) is 18.1 Å². The van der Waals surface area contributed by atoms with Crippen molar-refractivity contribution in [1.82, 2.24) is 0 Å².